The molecule has 0 bridgehead atoms. The lowest BCUT2D eigenvalue weighted by Gasteiger charge is -2.24. The van der Waals surface area contributed by atoms with Gasteiger partial charge in [0.2, 0.25) is 5.91 Å². The zero-order chi connectivity index (χ0) is 17.3. The van der Waals surface area contributed by atoms with Crippen LogP contribution >= 0.6 is 0 Å². The Kier molecular flexibility index (Phi) is 4.78. The first kappa shape index (κ1) is 16.8. The van der Waals surface area contributed by atoms with Gasteiger partial charge in [0.25, 0.3) is 5.91 Å². The van der Waals surface area contributed by atoms with Crippen LogP contribution in [0.15, 0.2) is 12.1 Å². The summed E-state index contributed by atoms with van der Waals surface area (Å²) >= 11 is 0. The fourth-order valence-corrected chi connectivity index (χ4v) is 3.45. The zero-order valence-electron chi connectivity index (χ0n) is 14.8. The monoisotopic (exact) mass is 330 g/mol. The normalized spacial score (nSPS) is 18.3. The van der Waals surface area contributed by atoms with E-state index in [0.717, 1.165) is 36.9 Å². The van der Waals surface area contributed by atoms with Crippen molar-refractivity contribution < 1.29 is 14.3 Å². The van der Waals surface area contributed by atoms with E-state index in [2.05, 4.69) is 0 Å². The molecule has 1 saturated carbocycles. The van der Waals surface area contributed by atoms with Crippen LogP contribution in [-0.2, 0) is 4.79 Å². The van der Waals surface area contributed by atoms with Gasteiger partial charge >= 0.3 is 0 Å². The summed E-state index contributed by atoms with van der Waals surface area (Å²) in [5, 5.41) is 0. The summed E-state index contributed by atoms with van der Waals surface area (Å²) in [6.45, 7) is 6.61. The number of ether oxygens (including phenoxy) is 1. The topological polar surface area (TPSA) is 49.9 Å². The number of hydrogen-bond acceptors (Lipinski definition) is 3. The first-order valence-corrected chi connectivity index (χ1v) is 8.74. The molecule has 0 spiro atoms. The number of aryl methyl sites for hydroxylation is 2. The average molecular weight is 330 g/mol. The van der Waals surface area contributed by atoms with Crippen molar-refractivity contribution in [2.45, 2.75) is 33.1 Å². The Balaban J connectivity index is 1.75. The Morgan fingerprint density at radius 3 is 2.38 bits per heavy atom. The van der Waals surface area contributed by atoms with E-state index < -0.39 is 0 Å². The van der Waals surface area contributed by atoms with Gasteiger partial charge in [-0.25, -0.2) is 0 Å². The van der Waals surface area contributed by atoms with Crippen molar-refractivity contribution in [3.63, 3.8) is 0 Å². The number of benzene rings is 1. The largest absolute Gasteiger partial charge is 0.496 e. The predicted molar refractivity (Wildman–Crippen MR) is 92.3 cm³/mol. The van der Waals surface area contributed by atoms with Crippen molar-refractivity contribution >= 4 is 11.8 Å². The highest BCUT2D eigenvalue weighted by atomic mass is 16.5. The van der Waals surface area contributed by atoms with Crippen LogP contribution in [0.4, 0.5) is 0 Å². The fraction of sp³-hybridized carbons (Fsp3) is 0.579. The van der Waals surface area contributed by atoms with Crippen LogP contribution in [0.2, 0.25) is 0 Å². The molecule has 2 aliphatic rings. The summed E-state index contributed by atoms with van der Waals surface area (Å²) in [5.41, 5.74) is 2.66. The summed E-state index contributed by atoms with van der Waals surface area (Å²) in [7, 11) is 1.60. The lowest BCUT2D eigenvalue weighted by molar-refractivity contribution is -0.132. The van der Waals surface area contributed by atoms with Crippen LogP contribution in [0.1, 0.15) is 40.7 Å². The van der Waals surface area contributed by atoms with Gasteiger partial charge in [0.05, 0.1) is 12.7 Å². The van der Waals surface area contributed by atoms with E-state index >= 15 is 0 Å². The lowest BCUT2D eigenvalue weighted by atomic mass is 10.0. The van der Waals surface area contributed by atoms with E-state index in [-0.39, 0.29) is 17.7 Å². The van der Waals surface area contributed by atoms with Gasteiger partial charge < -0.3 is 14.5 Å². The third kappa shape index (κ3) is 3.40. The SMILES string of the molecule is COc1cc(C)cc(C)c1C(=O)N1CCCN(C(=O)C2CC2)CC1. The van der Waals surface area contributed by atoms with E-state index in [1.54, 1.807) is 7.11 Å². The molecule has 2 fully saturated rings. The minimum atomic E-state index is 0.00470. The van der Waals surface area contributed by atoms with E-state index in [9.17, 15) is 9.59 Å². The maximum atomic E-state index is 13.0. The van der Waals surface area contributed by atoms with Gasteiger partial charge in [-0.3, -0.25) is 9.59 Å². The molecule has 5 heteroatoms. The zero-order valence-corrected chi connectivity index (χ0v) is 14.8. The second-order valence-electron chi connectivity index (χ2n) is 6.90. The molecule has 0 atom stereocenters. The van der Waals surface area contributed by atoms with Crippen molar-refractivity contribution in [3.8, 4) is 5.75 Å². The Hall–Kier alpha value is -2.04. The number of carbonyl (C=O) groups excluding carboxylic acids is 2. The van der Waals surface area contributed by atoms with E-state index in [4.69, 9.17) is 4.74 Å². The summed E-state index contributed by atoms with van der Waals surface area (Å²) in [5.74, 6) is 1.15. The summed E-state index contributed by atoms with van der Waals surface area (Å²) in [6.07, 6.45) is 2.88. The third-order valence-electron chi connectivity index (χ3n) is 4.90. The Bertz CT molecular complexity index is 652. The molecule has 0 radical (unpaired) electrons. The molecule has 1 aliphatic heterocycles. The van der Waals surface area contributed by atoms with Crippen LogP contribution < -0.4 is 4.74 Å². The molecule has 2 amide bonds. The molecular formula is C19H26N2O3. The van der Waals surface area contributed by atoms with Crippen molar-refractivity contribution in [2.24, 2.45) is 5.92 Å². The Morgan fingerprint density at radius 1 is 1.04 bits per heavy atom. The van der Waals surface area contributed by atoms with Crippen LogP contribution in [0, 0.1) is 19.8 Å². The molecule has 130 valence electrons. The molecule has 24 heavy (non-hydrogen) atoms. The van der Waals surface area contributed by atoms with Gasteiger partial charge in [-0.05, 0) is 50.3 Å². The molecule has 1 aliphatic carbocycles. The van der Waals surface area contributed by atoms with Gasteiger partial charge in [-0.1, -0.05) is 6.07 Å². The highest BCUT2D eigenvalue weighted by molar-refractivity contribution is 5.98. The second kappa shape index (κ2) is 6.83. The molecule has 3 rings (SSSR count). The average Bonchev–Trinajstić information content (AvgIpc) is 3.39. The predicted octanol–water partition coefficient (Wildman–Crippen LogP) is 2.40. The molecule has 1 aromatic rings. The maximum Gasteiger partial charge on any atom is 0.257 e. The second-order valence-corrected chi connectivity index (χ2v) is 6.90. The summed E-state index contributed by atoms with van der Waals surface area (Å²) in [4.78, 5) is 29.1. The fourth-order valence-electron chi connectivity index (χ4n) is 3.45. The molecule has 1 saturated heterocycles. The number of methoxy groups -OCH3 is 1. The standard InChI is InChI=1S/C19H26N2O3/c1-13-11-14(2)17(16(12-13)24-3)19(23)21-8-4-7-20(9-10-21)18(22)15-5-6-15/h11-12,15H,4-10H2,1-3H3. The minimum Gasteiger partial charge on any atom is -0.496 e. The van der Waals surface area contributed by atoms with Gasteiger partial charge in [-0.15, -0.1) is 0 Å². The van der Waals surface area contributed by atoms with Crippen molar-refractivity contribution in [1.29, 1.82) is 0 Å². The van der Waals surface area contributed by atoms with Gasteiger partial charge in [0.1, 0.15) is 5.75 Å². The third-order valence-corrected chi connectivity index (χ3v) is 4.90. The smallest absolute Gasteiger partial charge is 0.257 e. The van der Waals surface area contributed by atoms with Crippen LogP contribution in [0.3, 0.4) is 0 Å². The number of nitrogens with zero attached hydrogens (tertiary/aromatic N) is 2. The minimum absolute atomic E-state index is 0.00470. The van der Waals surface area contributed by atoms with E-state index in [1.807, 2.05) is 35.8 Å². The molecular weight excluding hydrogens is 304 g/mol. The summed E-state index contributed by atoms with van der Waals surface area (Å²) < 4.78 is 5.44. The van der Waals surface area contributed by atoms with Crippen LogP contribution in [-0.4, -0.2) is 54.9 Å². The first-order chi connectivity index (χ1) is 11.5. The van der Waals surface area contributed by atoms with Crippen LogP contribution in [0.5, 0.6) is 5.75 Å². The van der Waals surface area contributed by atoms with Gasteiger partial charge in [0.15, 0.2) is 0 Å². The van der Waals surface area contributed by atoms with Gasteiger partial charge in [-0.2, -0.15) is 0 Å². The Labute approximate surface area is 143 Å². The maximum absolute atomic E-state index is 13.0. The molecule has 1 aromatic carbocycles. The van der Waals surface area contributed by atoms with Crippen molar-refractivity contribution in [3.05, 3.63) is 28.8 Å². The van der Waals surface area contributed by atoms with Crippen molar-refractivity contribution in [2.75, 3.05) is 33.3 Å². The molecule has 5 nitrogen and oxygen atoms in total. The van der Waals surface area contributed by atoms with E-state index in [0.29, 0.717) is 30.9 Å². The molecule has 0 aromatic heterocycles. The number of carbonyl (C=O) groups is 2. The molecule has 1 heterocycles. The number of amides is 2. The van der Waals surface area contributed by atoms with Gasteiger partial charge in [0, 0.05) is 32.1 Å². The van der Waals surface area contributed by atoms with Crippen molar-refractivity contribution in [1.82, 2.24) is 9.80 Å². The van der Waals surface area contributed by atoms with Crippen LogP contribution in [0.25, 0.3) is 0 Å². The molecule has 0 unspecified atom stereocenters. The Morgan fingerprint density at radius 2 is 1.71 bits per heavy atom. The molecule has 0 N–H and O–H groups in total. The highest BCUT2D eigenvalue weighted by Crippen LogP contribution is 2.31. The summed E-state index contributed by atoms with van der Waals surface area (Å²) in [6, 6.07) is 3.91. The van der Waals surface area contributed by atoms with E-state index in [1.165, 1.54) is 0 Å². The first-order valence-electron chi connectivity index (χ1n) is 8.74. The lowest BCUT2D eigenvalue weighted by Crippen LogP contribution is -2.38. The highest BCUT2D eigenvalue weighted by Gasteiger charge is 2.34. The number of hydrogen-bond donors (Lipinski definition) is 0. The number of rotatable bonds is 3. The quantitative estimate of drug-likeness (QED) is 0.855.